The average Bonchev–Trinajstić information content (AvgIpc) is 1.82. The molecule has 2 nitrogen and oxygen atoms in total. The molecule has 0 radical (unpaired) electrons. The van der Waals surface area contributed by atoms with Crippen LogP contribution in [-0.4, -0.2) is 10.1 Å². The van der Waals surface area contributed by atoms with Crippen LogP contribution in [0.3, 0.4) is 0 Å². The van der Waals surface area contributed by atoms with Gasteiger partial charge in [0.15, 0.2) is 5.83 Å². The number of thiocarbonyl (C=S) groups is 1. The molecule has 0 aromatic carbocycles. The van der Waals surface area contributed by atoms with E-state index < -0.39 is 11.7 Å². The van der Waals surface area contributed by atoms with Crippen LogP contribution in [0.5, 0.6) is 0 Å². The first-order valence-electron chi connectivity index (χ1n) is 2.36. The average molecular weight is 179 g/mol. The lowest BCUT2D eigenvalue weighted by Crippen LogP contribution is -2.10. The lowest BCUT2D eigenvalue weighted by Gasteiger charge is -1.88. The van der Waals surface area contributed by atoms with Crippen LogP contribution in [0.4, 0.5) is 4.39 Å². The minimum absolute atomic E-state index is 0.538. The van der Waals surface area contributed by atoms with Crippen LogP contribution in [0, 0.1) is 0 Å². The maximum atomic E-state index is 12.2. The number of thioether (sulfide) groups is 1. The summed E-state index contributed by atoms with van der Waals surface area (Å²) >= 11 is 5.56. The first-order valence-corrected chi connectivity index (χ1v) is 3.65. The predicted octanol–water partition coefficient (Wildman–Crippen LogP) is 1.36. The van der Waals surface area contributed by atoms with Crippen molar-refractivity contribution in [3.05, 3.63) is 11.2 Å². The van der Waals surface area contributed by atoms with Gasteiger partial charge in [0.2, 0.25) is 0 Å². The molecule has 0 spiro atoms. The van der Waals surface area contributed by atoms with E-state index in [-0.39, 0.29) is 0 Å². The number of rotatable bonds is 2. The SMILES string of the molecule is CC(=S)S/C=C(/F)C(N)=O. The van der Waals surface area contributed by atoms with Crippen LogP contribution in [0.15, 0.2) is 11.2 Å². The van der Waals surface area contributed by atoms with Crippen LogP contribution < -0.4 is 5.73 Å². The third kappa shape index (κ3) is 4.46. The van der Waals surface area contributed by atoms with Gasteiger partial charge in [0, 0.05) is 9.60 Å². The summed E-state index contributed by atoms with van der Waals surface area (Å²) in [6, 6.07) is 0. The maximum Gasteiger partial charge on any atom is 0.278 e. The van der Waals surface area contributed by atoms with Crippen molar-refractivity contribution in [2.45, 2.75) is 6.92 Å². The molecule has 0 aromatic rings. The minimum Gasteiger partial charge on any atom is -0.364 e. The summed E-state index contributed by atoms with van der Waals surface area (Å²) in [6.07, 6.45) is 0. The Morgan fingerprint density at radius 1 is 1.80 bits per heavy atom. The number of nitrogens with two attached hydrogens (primary N) is 1. The minimum atomic E-state index is -1.07. The second-order valence-corrected chi connectivity index (χ2v) is 3.39. The number of halogens is 1. The van der Waals surface area contributed by atoms with Crippen molar-refractivity contribution in [3.63, 3.8) is 0 Å². The van der Waals surface area contributed by atoms with Crippen molar-refractivity contribution in [2.24, 2.45) is 5.73 Å². The standard InChI is InChI=1S/C5H6FNOS2/c1-3(9)10-2-4(6)5(7)8/h2H,1H3,(H2,7,8)/b4-2+. The van der Waals surface area contributed by atoms with Gasteiger partial charge >= 0.3 is 0 Å². The number of primary amides is 1. The molecule has 0 atom stereocenters. The third-order valence-corrected chi connectivity index (χ3v) is 1.51. The fourth-order valence-corrected chi connectivity index (χ4v) is 0.723. The van der Waals surface area contributed by atoms with Gasteiger partial charge in [-0.05, 0) is 6.92 Å². The zero-order valence-electron chi connectivity index (χ0n) is 5.26. The number of hydrogen-bond acceptors (Lipinski definition) is 3. The molecule has 1 amide bonds. The fraction of sp³-hybridized carbons (Fsp3) is 0.200. The Kier molecular flexibility index (Phi) is 4.22. The Labute approximate surface area is 67.7 Å². The smallest absolute Gasteiger partial charge is 0.278 e. The van der Waals surface area contributed by atoms with E-state index in [1.807, 2.05) is 0 Å². The molecule has 5 heteroatoms. The molecule has 56 valence electrons. The molecule has 0 aliphatic carbocycles. The topological polar surface area (TPSA) is 43.1 Å². The van der Waals surface area contributed by atoms with Crippen LogP contribution in [0.2, 0.25) is 0 Å². The molecule has 0 heterocycles. The second kappa shape index (κ2) is 4.40. The lowest BCUT2D eigenvalue weighted by molar-refractivity contribution is -0.115. The molecule has 0 unspecified atom stereocenters. The Hall–Kier alpha value is -0.420. The first-order chi connectivity index (χ1) is 4.54. The molecule has 0 saturated heterocycles. The Balaban J connectivity index is 3.92. The normalized spacial score (nSPS) is 11.2. The van der Waals surface area contributed by atoms with Gasteiger partial charge in [0.1, 0.15) is 0 Å². The van der Waals surface area contributed by atoms with Crippen LogP contribution in [-0.2, 0) is 4.79 Å². The molecule has 0 rings (SSSR count). The molecule has 0 aliphatic heterocycles. The van der Waals surface area contributed by atoms with Crippen molar-refractivity contribution in [1.29, 1.82) is 0 Å². The summed E-state index contributed by atoms with van der Waals surface area (Å²) in [6.45, 7) is 1.63. The number of carbonyl (C=O) groups excluding carboxylic acids is 1. The highest BCUT2D eigenvalue weighted by Gasteiger charge is 2.00. The molecular formula is C5H6FNOS2. The van der Waals surface area contributed by atoms with Crippen LogP contribution >= 0.6 is 24.0 Å². The van der Waals surface area contributed by atoms with E-state index in [0.29, 0.717) is 4.20 Å². The van der Waals surface area contributed by atoms with E-state index in [0.717, 1.165) is 17.2 Å². The van der Waals surface area contributed by atoms with Crippen molar-refractivity contribution in [1.82, 2.24) is 0 Å². The summed E-state index contributed by atoms with van der Waals surface area (Å²) < 4.78 is 12.7. The van der Waals surface area contributed by atoms with Gasteiger partial charge in [-0.3, -0.25) is 4.79 Å². The Bertz CT molecular complexity index is 190. The molecular weight excluding hydrogens is 173 g/mol. The quantitative estimate of drug-likeness (QED) is 0.514. The largest absolute Gasteiger partial charge is 0.364 e. The molecule has 0 fully saturated rings. The summed E-state index contributed by atoms with van der Waals surface area (Å²) in [5.74, 6) is -2.03. The highest BCUT2D eigenvalue weighted by Crippen LogP contribution is 2.09. The summed E-state index contributed by atoms with van der Waals surface area (Å²) in [7, 11) is 0. The Morgan fingerprint density at radius 2 is 2.30 bits per heavy atom. The highest BCUT2D eigenvalue weighted by molar-refractivity contribution is 8.24. The zero-order chi connectivity index (χ0) is 8.15. The van der Waals surface area contributed by atoms with Gasteiger partial charge in [0.25, 0.3) is 5.91 Å². The monoisotopic (exact) mass is 179 g/mol. The van der Waals surface area contributed by atoms with E-state index in [4.69, 9.17) is 0 Å². The van der Waals surface area contributed by atoms with Crippen molar-refractivity contribution in [2.75, 3.05) is 0 Å². The van der Waals surface area contributed by atoms with Crippen LogP contribution in [0.25, 0.3) is 0 Å². The van der Waals surface area contributed by atoms with Gasteiger partial charge in [-0.1, -0.05) is 24.0 Å². The summed E-state index contributed by atoms with van der Waals surface area (Å²) in [5.41, 5.74) is 4.58. The number of carbonyl (C=O) groups is 1. The predicted molar refractivity (Wildman–Crippen MR) is 44.2 cm³/mol. The maximum absolute atomic E-state index is 12.2. The van der Waals surface area contributed by atoms with Gasteiger partial charge in [-0.2, -0.15) is 0 Å². The zero-order valence-corrected chi connectivity index (χ0v) is 6.89. The van der Waals surface area contributed by atoms with E-state index >= 15 is 0 Å². The molecule has 0 aromatic heterocycles. The lowest BCUT2D eigenvalue weighted by atomic mass is 10.6. The number of amides is 1. The first kappa shape index (κ1) is 9.58. The van der Waals surface area contributed by atoms with Crippen LogP contribution in [0.1, 0.15) is 6.92 Å². The fourth-order valence-electron chi connectivity index (χ4n) is 0.193. The van der Waals surface area contributed by atoms with E-state index in [9.17, 15) is 9.18 Å². The molecule has 2 N–H and O–H groups in total. The van der Waals surface area contributed by atoms with Gasteiger partial charge in [0.05, 0.1) is 0 Å². The van der Waals surface area contributed by atoms with E-state index in [1.54, 1.807) is 6.92 Å². The molecule has 0 aliphatic rings. The van der Waals surface area contributed by atoms with Crippen molar-refractivity contribution < 1.29 is 9.18 Å². The summed E-state index contributed by atoms with van der Waals surface area (Å²) in [5, 5.41) is 0.991. The van der Waals surface area contributed by atoms with E-state index in [2.05, 4.69) is 18.0 Å². The number of hydrogen-bond donors (Lipinski definition) is 1. The third-order valence-electron chi connectivity index (χ3n) is 0.564. The summed E-state index contributed by atoms with van der Waals surface area (Å²) in [4.78, 5) is 10.0. The Morgan fingerprint density at radius 3 is 2.60 bits per heavy atom. The molecule has 0 bridgehead atoms. The van der Waals surface area contributed by atoms with Crippen molar-refractivity contribution >= 4 is 34.1 Å². The van der Waals surface area contributed by atoms with Crippen molar-refractivity contribution in [3.8, 4) is 0 Å². The second-order valence-electron chi connectivity index (χ2n) is 1.44. The van der Waals surface area contributed by atoms with Gasteiger partial charge < -0.3 is 5.73 Å². The molecule has 0 saturated carbocycles. The highest BCUT2D eigenvalue weighted by atomic mass is 32.2. The van der Waals surface area contributed by atoms with Gasteiger partial charge in [-0.25, -0.2) is 4.39 Å². The van der Waals surface area contributed by atoms with Gasteiger partial charge in [-0.15, -0.1) is 0 Å². The van der Waals surface area contributed by atoms with E-state index in [1.165, 1.54) is 0 Å². The molecule has 10 heavy (non-hydrogen) atoms.